The Morgan fingerprint density at radius 1 is 1.11 bits per heavy atom. The Bertz CT molecular complexity index is 442. The molecule has 0 spiro atoms. The van der Waals surface area contributed by atoms with Gasteiger partial charge in [0.1, 0.15) is 0 Å². The van der Waals surface area contributed by atoms with Crippen LogP contribution in [0.4, 0.5) is 0 Å². The Balaban J connectivity index is 1.58. The van der Waals surface area contributed by atoms with Crippen molar-refractivity contribution >= 4 is 0 Å². The van der Waals surface area contributed by atoms with E-state index in [9.17, 15) is 0 Å². The highest BCUT2D eigenvalue weighted by atomic mass is 16.4. The molecule has 0 saturated heterocycles. The minimum absolute atomic E-state index is 0.349. The lowest BCUT2D eigenvalue weighted by Gasteiger charge is -2.55. The number of aromatic nitrogens is 2. The minimum atomic E-state index is 0.349. The Hall–Kier alpha value is -0.900. The molecular weight excluding hydrogens is 238 g/mol. The molecule has 1 aromatic rings. The fraction of sp³-hybridized carbons (Fsp3) is 0.867. The SMILES string of the molecule is CC(c1nnc(CN)o1)C1C2CC3CC(C2)CC1C3. The molecule has 104 valence electrons. The van der Waals surface area contributed by atoms with Gasteiger partial charge in [-0.1, -0.05) is 6.92 Å². The number of nitrogens with two attached hydrogens (primary N) is 1. The van der Waals surface area contributed by atoms with E-state index in [2.05, 4.69) is 17.1 Å². The fourth-order valence-electron chi connectivity index (χ4n) is 5.48. The first-order valence-electron chi connectivity index (χ1n) is 7.77. The van der Waals surface area contributed by atoms with Gasteiger partial charge in [0.25, 0.3) is 0 Å². The smallest absolute Gasteiger partial charge is 0.230 e. The van der Waals surface area contributed by atoms with Gasteiger partial charge in [-0.15, -0.1) is 10.2 Å². The summed E-state index contributed by atoms with van der Waals surface area (Å²) < 4.78 is 5.70. The van der Waals surface area contributed by atoms with E-state index in [4.69, 9.17) is 10.2 Å². The van der Waals surface area contributed by atoms with Crippen LogP contribution in [0.25, 0.3) is 0 Å². The predicted molar refractivity (Wildman–Crippen MR) is 71.1 cm³/mol. The summed E-state index contributed by atoms with van der Waals surface area (Å²) in [6.45, 7) is 2.63. The molecule has 19 heavy (non-hydrogen) atoms. The van der Waals surface area contributed by atoms with Gasteiger partial charge in [-0.2, -0.15) is 0 Å². The standard InChI is InChI=1S/C15H23N3O/c1-8(15-18-17-13(7-16)19-15)14-11-3-9-2-10(5-11)6-12(14)4-9/h8-12,14H,2-7,16H2,1H3. The van der Waals surface area contributed by atoms with Crippen molar-refractivity contribution in [1.29, 1.82) is 0 Å². The maximum atomic E-state index is 5.70. The van der Waals surface area contributed by atoms with E-state index in [-0.39, 0.29) is 0 Å². The van der Waals surface area contributed by atoms with Crippen molar-refractivity contribution < 1.29 is 4.42 Å². The molecule has 1 atom stereocenters. The van der Waals surface area contributed by atoms with Crippen molar-refractivity contribution in [2.75, 3.05) is 0 Å². The molecule has 0 aromatic carbocycles. The van der Waals surface area contributed by atoms with Gasteiger partial charge in [0.15, 0.2) is 0 Å². The highest BCUT2D eigenvalue weighted by Gasteiger charge is 2.50. The molecule has 4 fully saturated rings. The van der Waals surface area contributed by atoms with Crippen LogP contribution in [0, 0.1) is 29.6 Å². The highest BCUT2D eigenvalue weighted by Crippen LogP contribution is 2.59. The molecule has 5 rings (SSSR count). The van der Waals surface area contributed by atoms with Crippen LogP contribution in [0.2, 0.25) is 0 Å². The third-order valence-corrected chi connectivity index (χ3v) is 5.92. The molecule has 4 heteroatoms. The molecule has 4 saturated carbocycles. The summed E-state index contributed by atoms with van der Waals surface area (Å²) in [5.41, 5.74) is 5.56. The number of hydrogen-bond donors (Lipinski definition) is 1. The highest BCUT2D eigenvalue weighted by molar-refractivity contribution is 5.05. The molecule has 2 N–H and O–H groups in total. The average Bonchev–Trinajstić information content (AvgIpc) is 2.86. The topological polar surface area (TPSA) is 64.9 Å². The van der Waals surface area contributed by atoms with Crippen LogP contribution in [-0.2, 0) is 6.54 Å². The molecule has 1 heterocycles. The Labute approximate surface area is 114 Å². The zero-order chi connectivity index (χ0) is 13.0. The fourth-order valence-corrected chi connectivity index (χ4v) is 5.48. The van der Waals surface area contributed by atoms with Crippen LogP contribution in [0.15, 0.2) is 4.42 Å². The molecule has 0 radical (unpaired) electrons. The van der Waals surface area contributed by atoms with Crippen molar-refractivity contribution in [3.8, 4) is 0 Å². The van der Waals surface area contributed by atoms with Gasteiger partial charge in [0, 0.05) is 5.92 Å². The minimum Gasteiger partial charge on any atom is -0.424 e. The van der Waals surface area contributed by atoms with Crippen LogP contribution in [-0.4, -0.2) is 10.2 Å². The zero-order valence-corrected chi connectivity index (χ0v) is 11.6. The van der Waals surface area contributed by atoms with E-state index in [1.165, 1.54) is 32.1 Å². The van der Waals surface area contributed by atoms with Gasteiger partial charge in [-0.05, 0) is 61.7 Å². The molecule has 1 aromatic heterocycles. The first-order valence-corrected chi connectivity index (χ1v) is 7.77. The van der Waals surface area contributed by atoms with Crippen LogP contribution in [0.5, 0.6) is 0 Å². The van der Waals surface area contributed by atoms with Gasteiger partial charge >= 0.3 is 0 Å². The van der Waals surface area contributed by atoms with Crippen LogP contribution in [0.1, 0.15) is 56.7 Å². The summed E-state index contributed by atoms with van der Waals surface area (Å²) in [5, 5.41) is 8.25. The predicted octanol–water partition coefficient (Wildman–Crippen LogP) is 2.70. The Kier molecular flexibility index (Phi) is 2.69. The monoisotopic (exact) mass is 261 g/mol. The third kappa shape index (κ3) is 1.83. The molecule has 4 bridgehead atoms. The maximum Gasteiger partial charge on any atom is 0.230 e. The summed E-state index contributed by atoms with van der Waals surface area (Å²) in [7, 11) is 0. The second kappa shape index (κ2) is 4.30. The summed E-state index contributed by atoms with van der Waals surface area (Å²) in [6, 6.07) is 0. The van der Waals surface area contributed by atoms with Crippen LogP contribution in [0.3, 0.4) is 0 Å². The van der Waals surface area contributed by atoms with Gasteiger partial charge in [0.2, 0.25) is 11.8 Å². The summed E-state index contributed by atoms with van der Waals surface area (Å²) in [4.78, 5) is 0. The van der Waals surface area contributed by atoms with E-state index < -0.39 is 0 Å². The van der Waals surface area contributed by atoms with Crippen molar-refractivity contribution in [1.82, 2.24) is 10.2 Å². The normalized spacial score (nSPS) is 41.7. The van der Waals surface area contributed by atoms with E-state index in [1.807, 2.05) is 0 Å². The Morgan fingerprint density at radius 2 is 1.74 bits per heavy atom. The van der Waals surface area contributed by atoms with E-state index in [1.54, 1.807) is 0 Å². The van der Waals surface area contributed by atoms with Crippen molar-refractivity contribution in [2.24, 2.45) is 35.3 Å². The average molecular weight is 261 g/mol. The van der Waals surface area contributed by atoms with Crippen molar-refractivity contribution in [2.45, 2.75) is 51.5 Å². The van der Waals surface area contributed by atoms with Crippen molar-refractivity contribution in [3.63, 3.8) is 0 Å². The lowest BCUT2D eigenvalue weighted by atomic mass is 9.50. The second-order valence-electron chi connectivity index (χ2n) is 7.03. The zero-order valence-electron chi connectivity index (χ0n) is 11.6. The van der Waals surface area contributed by atoms with E-state index in [0.29, 0.717) is 18.4 Å². The summed E-state index contributed by atoms with van der Waals surface area (Å²) in [6.07, 6.45) is 7.28. The Morgan fingerprint density at radius 3 is 2.26 bits per heavy atom. The quantitative estimate of drug-likeness (QED) is 0.908. The largest absolute Gasteiger partial charge is 0.424 e. The van der Waals surface area contributed by atoms with Gasteiger partial charge in [-0.25, -0.2) is 0 Å². The van der Waals surface area contributed by atoms with Crippen LogP contribution >= 0.6 is 0 Å². The first-order chi connectivity index (χ1) is 9.24. The third-order valence-electron chi connectivity index (χ3n) is 5.92. The molecule has 4 nitrogen and oxygen atoms in total. The second-order valence-corrected chi connectivity index (χ2v) is 7.03. The summed E-state index contributed by atoms with van der Waals surface area (Å²) in [5.74, 6) is 6.41. The maximum absolute atomic E-state index is 5.70. The van der Waals surface area contributed by atoms with Gasteiger partial charge in [-0.3, -0.25) is 0 Å². The number of rotatable bonds is 3. The van der Waals surface area contributed by atoms with E-state index in [0.717, 1.165) is 35.5 Å². The number of nitrogens with zero attached hydrogens (tertiary/aromatic N) is 2. The number of hydrogen-bond acceptors (Lipinski definition) is 4. The molecule has 0 amide bonds. The lowest BCUT2D eigenvalue weighted by molar-refractivity contribution is -0.0486. The van der Waals surface area contributed by atoms with E-state index >= 15 is 0 Å². The van der Waals surface area contributed by atoms with Crippen LogP contribution < -0.4 is 5.73 Å². The summed E-state index contributed by atoms with van der Waals surface area (Å²) >= 11 is 0. The lowest BCUT2D eigenvalue weighted by Crippen LogP contribution is -2.46. The molecule has 4 aliphatic rings. The molecular formula is C15H23N3O. The van der Waals surface area contributed by atoms with Crippen molar-refractivity contribution in [3.05, 3.63) is 11.8 Å². The molecule has 1 unspecified atom stereocenters. The van der Waals surface area contributed by atoms with Gasteiger partial charge in [0.05, 0.1) is 6.54 Å². The first kappa shape index (κ1) is 11.9. The van der Waals surface area contributed by atoms with Gasteiger partial charge < -0.3 is 10.2 Å². The molecule has 4 aliphatic carbocycles. The molecule has 0 aliphatic heterocycles.